The maximum absolute atomic E-state index is 12.4. The highest BCUT2D eigenvalue weighted by Crippen LogP contribution is 2.16. The molecule has 0 bridgehead atoms. The lowest BCUT2D eigenvalue weighted by atomic mass is 10.2. The van der Waals surface area contributed by atoms with E-state index in [1.165, 1.54) is 0 Å². The van der Waals surface area contributed by atoms with Gasteiger partial charge in [0.15, 0.2) is 5.78 Å². The van der Waals surface area contributed by atoms with Gasteiger partial charge < -0.3 is 4.57 Å². The maximum atomic E-state index is 12.4. The number of rotatable bonds is 3. The Morgan fingerprint density at radius 1 is 1.25 bits per heavy atom. The second-order valence-corrected chi connectivity index (χ2v) is 4.97. The van der Waals surface area contributed by atoms with E-state index in [0.717, 1.165) is 22.6 Å². The van der Waals surface area contributed by atoms with Gasteiger partial charge in [-0.05, 0) is 25.1 Å². The van der Waals surface area contributed by atoms with Crippen molar-refractivity contribution in [1.82, 2.24) is 19.3 Å². The zero-order valence-corrected chi connectivity index (χ0v) is 11.8. The van der Waals surface area contributed by atoms with Crippen LogP contribution in [0.1, 0.15) is 22.0 Å². The number of carbonyl (C=O) groups is 1. The van der Waals surface area contributed by atoms with Crippen LogP contribution in [0.5, 0.6) is 0 Å². The zero-order valence-electron chi connectivity index (χ0n) is 11.8. The summed E-state index contributed by atoms with van der Waals surface area (Å²) in [6.07, 6.45) is 0.282. The zero-order chi connectivity index (χ0) is 14.3. The number of fused-ring (bicyclic) bond motifs is 1. The quantitative estimate of drug-likeness (QED) is 0.683. The molecule has 0 aliphatic rings. The second-order valence-electron chi connectivity index (χ2n) is 4.97. The Bertz CT molecular complexity index is 797. The minimum Gasteiger partial charge on any atom is -0.331 e. The molecular formula is C15H16N4O. The number of hydrogen-bond acceptors (Lipinski definition) is 3. The molecular weight excluding hydrogens is 252 g/mol. The summed E-state index contributed by atoms with van der Waals surface area (Å²) in [5.41, 5.74) is 3.42. The monoisotopic (exact) mass is 268 g/mol. The first-order chi connectivity index (χ1) is 9.56. The van der Waals surface area contributed by atoms with Crippen molar-refractivity contribution in [2.45, 2.75) is 13.3 Å². The Morgan fingerprint density at radius 2 is 2.00 bits per heavy atom. The van der Waals surface area contributed by atoms with Crippen LogP contribution in [0.2, 0.25) is 0 Å². The molecule has 5 heteroatoms. The van der Waals surface area contributed by atoms with Gasteiger partial charge in [-0.2, -0.15) is 5.10 Å². The molecule has 3 aromatic rings. The smallest absolute Gasteiger partial charge is 0.188 e. The molecule has 0 radical (unpaired) electrons. The van der Waals surface area contributed by atoms with Crippen LogP contribution in [-0.4, -0.2) is 25.1 Å². The molecule has 20 heavy (non-hydrogen) atoms. The molecule has 102 valence electrons. The van der Waals surface area contributed by atoms with Crippen LogP contribution in [0.4, 0.5) is 0 Å². The third-order valence-electron chi connectivity index (χ3n) is 3.49. The number of hydrogen-bond donors (Lipinski definition) is 0. The number of benzene rings is 1. The van der Waals surface area contributed by atoms with Crippen LogP contribution in [0.15, 0.2) is 30.3 Å². The third kappa shape index (κ3) is 2.01. The van der Waals surface area contributed by atoms with Crippen molar-refractivity contribution < 1.29 is 4.79 Å². The van der Waals surface area contributed by atoms with Crippen LogP contribution >= 0.6 is 0 Å². The van der Waals surface area contributed by atoms with E-state index >= 15 is 0 Å². The van der Waals surface area contributed by atoms with E-state index in [4.69, 9.17) is 0 Å². The fraction of sp³-hybridized carbons (Fsp3) is 0.267. The van der Waals surface area contributed by atoms with Gasteiger partial charge in [-0.25, -0.2) is 4.98 Å². The van der Waals surface area contributed by atoms with Crippen molar-refractivity contribution in [2.24, 2.45) is 14.1 Å². The maximum Gasteiger partial charge on any atom is 0.188 e. The lowest BCUT2D eigenvalue weighted by Crippen LogP contribution is -2.12. The van der Waals surface area contributed by atoms with Gasteiger partial charge in [0.05, 0.1) is 23.1 Å². The number of ketones is 1. The van der Waals surface area contributed by atoms with Gasteiger partial charge in [-0.1, -0.05) is 12.1 Å². The molecule has 0 spiro atoms. The molecule has 2 aromatic heterocycles. The first kappa shape index (κ1) is 12.6. The highest BCUT2D eigenvalue weighted by Gasteiger charge is 2.16. The van der Waals surface area contributed by atoms with Gasteiger partial charge in [-0.3, -0.25) is 9.48 Å². The van der Waals surface area contributed by atoms with Crippen LogP contribution in [0.25, 0.3) is 11.0 Å². The Hall–Kier alpha value is -2.43. The van der Waals surface area contributed by atoms with Gasteiger partial charge in [0.1, 0.15) is 11.5 Å². The summed E-state index contributed by atoms with van der Waals surface area (Å²) in [4.78, 5) is 16.9. The molecule has 0 saturated carbocycles. The van der Waals surface area contributed by atoms with Gasteiger partial charge >= 0.3 is 0 Å². The van der Waals surface area contributed by atoms with Crippen LogP contribution in [0, 0.1) is 6.92 Å². The van der Waals surface area contributed by atoms with Gasteiger partial charge in [0, 0.05) is 14.1 Å². The standard InChI is InChI=1S/C15H16N4O/c1-10-8-13(19(3)17-10)14(20)9-15-16-11-6-4-5-7-12(11)18(15)2/h4-8H,9H2,1-3H3. The fourth-order valence-corrected chi connectivity index (χ4v) is 2.46. The Kier molecular flexibility index (Phi) is 2.89. The second kappa shape index (κ2) is 4.59. The highest BCUT2D eigenvalue weighted by molar-refractivity contribution is 5.96. The van der Waals surface area contributed by atoms with Crippen LogP contribution < -0.4 is 0 Å². The molecule has 2 heterocycles. The number of aromatic nitrogens is 4. The normalized spacial score (nSPS) is 11.2. The first-order valence-corrected chi connectivity index (χ1v) is 6.50. The predicted octanol–water partition coefficient (Wildman–Crippen LogP) is 2.04. The van der Waals surface area contributed by atoms with E-state index in [1.54, 1.807) is 11.7 Å². The van der Waals surface area contributed by atoms with E-state index in [9.17, 15) is 4.79 Å². The average Bonchev–Trinajstić information content (AvgIpc) is 2.91. The summed E-state index contributed by atoms with van der Waals surface area (Å²) < 4.78 is 3.59. The SMILES string of the molecule is Cc1cc(C(=O)Cc2nc3ccccc3n2C)n(C)n1. The summed E-state index contributed by atoms with van der Waals surface area (Å²) in [5.74, 6) is 0.807. The van der Waals surface area contributed by atoms with Crippen molar-refractivity contribution >= 4 is 16.8 Å². The third-order valence-corrected chi connectivity index (χ3v) is 3.49. The number of carbonyl (C=O) groups excluding carboxylic acids is 1. The van der Waals surface area contributed by atoms with E-state index in [1.807, 2.05) is 48.9 Å². The van der Waals surface area contributed by atoms with Crippen LogP contribution in [-0.2, 0) is 20.5 Å². The first-order valence-electron chi connectivity index (χ1n) is 6.50. The predicted molar refractivity (Wildman–Crippen MR) is 76.7 cm³/mol. The molecule has 0 unspecified atom stereocenters. The molecule has 0 N–H and O–H groups in total. The topological polar surface area (TPSA) is 52.7 Å². The Labute approximate surface area is 116 Å². The summed E-state index contributed by atoms with van der Waals surface area (Å²) in [6.45, 7) is 1.88. The molecule has 0 saturated heterocycles. The average molecular weight is 268 g/mol. The summed E-state index contributed by atoms with van der Waals surface area (Å²) in [6, 6.07) is 9.69. The highest BCUT2D eigenvalue weighted by atomic mass is 16.1. The number of Topliss-reactive ketones (excluding diaryl/α,β-unsaturated/α-hetero) is 1. The number of nitrogens with zero attached hydrogens (tertiary/aromatic N) is 4. The van der Waals surface area contributed by atoms with Gasteiger partial charge in [0.25, 0.3) is 0 Å². The largest absolute Gasteiger partial charge is 0.331 e. The lowest BCUT2D eigenvalue weighted by Gasteiger charge is -2.02. The number of para-hydroxylation sites is 2. The van der Waals surface area contributed by atoms with Crippen molar-refractivity contribution in [3.05, 3.63) is 47.5 Å². The fourth-order valence-electron chi connectivity index (χ4n) is 2.46. The minimum atomic E-state index is 0.0338. The van der Waals surface area contributed by atoms with Crippen molar-refractivity contribution in [3.8, 4) is 0 Å². The van der Waals surface area contributed by atoms with Crippen LogP contribution in [0.3, 0.4) is 0 Å². The molecule has 3 rings (SSSR count). The van der Waals surface area contributed by atoms with E-state index < -0.39 is 0 Å². The Morgan fingerprint density at radius 3 is 2.65 bits per heavy atom. The molecule has 0 amide bonds. The molecule has 0 aliphatic heterocycles. The van der Waals surface area contributed by atoms with Crippen molar-refractivity contribution in [2.75, 3.05) is 0 Å². The minimum absolute atomic E-state index is 0.0338. The molecule has 0 fully saturated rings. The summed E-state index contributed by atoms with van der Waals surface area (Å²) in [7, 11) is 3.72. The molecule has 0 atom stereocenters. The Balaban J connectivity index is 1.95. The summed E-state index contributed by atoms with van der Waals surface area (Å²) >= 11 is 0. The summed E-state index contributed by atoms with van der Waals surface area (Å²) in [5, 5.41) is 4.21. The van der Waals surface area contributed by atoms with Crippen molar-refractivity contribution in [1.29, 1.82) is 0 Å². The van der Waals surface area contributed by atoms with Gasteiger partial charge in [-0.15, -0.1) is 0 Å². The number of imidazole rings is 1. The van der Waals surface area contributed by atoms with E-state index in [0.29, 0.717) is 5.69 Å². The van der Waals surface area contributed by atoms with Gasteiger partial charge in [0.2, 0.25) is 0 Å². The molecule has 0 aliphatic carbocycles. The lowest BCUT2D eigenvalue weighted by molar-refractivity contribution is 0.0981. The van der Waals surface area contributed by atoms with E-state index in [-0.39, 0.29) is 12.2 Å². The number of aryl methyl sites for hydroxylation is 3. The molecule has 5 nitrogen and oxygen atoms in total. The molecule has 1 aromatic carbocycles. The van der Waals surface area contributed by atoms with Crippen molar-refractivity contribution in [3.63, 3.8) is 0 Å². The van der Waals surface area contributed by atoms with E-state index in [2.05, 4.69) is 10.1 Å².